The molecular formula is C41H52F2N6O6. The Morgan fingerprint density at radius 1 is 0.964 bits per heavy atom. The fraction of sp³-hybridized carbons (Fsp3) is 0.463. The number of carbonyl (C=O) groups is 1. The van der Waals surface area contributed by atoms with Crippen LogP contribution in [0.2, 0.25) is 0 Å². The van der Waals surface area contributed by atoms with Gasteiger partial charge in [-0.25, -0.2) is 18.4 Å². The Morgan fingerprint density at radius 2 is 1.60 bits per heavy atom. The summed E-state index contributed by atoms with van der Waals surface area (Å²) in [5.41, 5.74) is 8.15. The predicted molar refractivity (Wildman–Crippen MR) is 207 cm³/mol. The van der Waals surface area contributed by atoms with Gasteiger partial charge in [-0.1, -0.05) is 19.9 Å². The Kier molecular flexibility index (Phi) is 12.8. The van der Waals surface area contributed by atoms with E-state index < -0.39 is 23.3 Å². The van der Waals surface area contributed by atoms with E-state index in [4.69, 9.17) is 25.1 Å². The Hall–Kier alpha value is -4.92. The highest BCUT2D eigenvalue weighted by molar-refractivity contribution is 5.64. The largest absolute Gasteiger partial charge is 0.493 e. The van der Waals surface area contributed by atoms with E-state index >= 15 is 0 Å². The van der Waals surface area contributed by atoms with Gasteiger partial charge >= 0.3 is 11.8 Å². The van der Waals surface area contributed by atoms with Gasteiger partial charge in [0, 0.05) is 87.2 Å². The van der Waals surface area contributed by atoms with Gasteiger partial charge in [-0.2, -0.15) is 0 Å². The summed E-state index contributed by atoms with van der Waals surface area (Å²) in [6.07, 6.45) is 3.33. The highest BCUT2D eigenvalue weighted by Gasteiger charge is 2.43. The lowest BCUT2D eigenvalue weighted by atomic mass is 9.87. The summed E-state index contributed by atoms with van der Waals surface area (Å²) >= 11 is 0. The van der Waals surface area contributed by atoms with Gasteiger partial charge < -0.3 is 40.2 Å². The number of ether oxygens (including phenoxy) is 3. The molecule has 12 nitrogen and oxygen atoms in total. The molecule has 0 bridgehead atoms. The van der Waals surface area contributed by atoms with Crippen LogP contribution in [0.1, 0.15) is 45.2 Å². The van der Waals surface area contributed by atoms with Crippen molar-refractivity contribution in [1.82, 2.24) is 14.5 Å². The Balaban J connectivity index is 0.984. The molecule has 1 aromatic heterocycles. The van der Waals surface area contributed by atoms with Crippen LogP contribution in [0.5, 0.6) is 5.75 Å². The summed E-state index contributed by atoms with van der Waals surface area (Å²) in [6.45, 7) is 11.0. The number of nitrogens with zero attached hydrogens (tertiary/aromatic N) is 4. The zero-order valence-electron chi connectivity index (χ0n) is 31.7. The number of aromatic nitrogens is 2. The second kappa shape index (κ2) is 17.7. The van der Waals surface area contributed by atoms with Crippen LogP contribution >= 0.6 is 0 Å². The minimum Gasteiger partial charge on any atom is -0.493 e. The molecule has 4 N–H and O–H groups in total. The zero-order chi connectivity index (χ0) is 39.1. The molecule has 0 radical (unpaired) electrons. The standard InChI is InChI=1S/C41H52F2N6O6/c1-28(2)38(29(3)53-22-4-15-45-39(50)51)49-21-20-48(40(49)52)34-8-6-32(7-9-34)46-16-18-47(19-17-46)33-10-12-35(13-11-33)54-25-30-24-41(27-44,55-26-30)36-14-5-31(42)23-37(36)43/h5-14,20-21,23,28-30,38,45H,4,15-19,22,24-27,44H2,1-3H3,(H,50,51). The van der Waals surface area contributed by atoms with Crippen LogP contribution in [0.15, 0.2) is 83.9 Å². The van der Waals surface area contributed by atoms with Crippen molar-refractivity contribution in [2.24, 2.45) is 17.6 Å². The van der Waals surface area contributed by atoms with Crippen molar-refractivity contribution in [3.05, 3.63) is 107 Å². The van der Waals surface area contributed by atoms with Crippen LogP contribution in [0.25, 0.3) is 5.69 Å². The van der Waals surface area contributed by atoms with Crippen LogP contribution in [-0.4, -0.2) is 85.5 Å². The highest BCUT2D eigenvalue weighted by atomic mass is 19.1. The van der Waals surface area contributed by atoms with Crippen LogP contribution in [0, 0.1) is 23.5 Å². The summed E-state index contributed by atoms with van der Waals surface area (Å²) in [7, 11) is 0. The first-order valence-corrected chi connectivity index (χ1v) is 19.0. The lowest BCUT2D eigenvalue weighted by molar-refractivity contribution is 0.00363. The molecule has 14 heteroatoms. The Labute approximate surface area is 320 Å². The van der Waals surface area contributed by atoms with Gasteiger partial charge in [-0.3, -0.25) is 9.13 Å². The molecule has 4 aromatic rings. The zero-order valence-corrected chi connectivity index (χ0v) is 31.7. The van der Waals surface area contributed by atoms with E-state index in [0.717, 1.165) is 55.1 Å². The number of anilines is 2. The molecule has 6 rings (SSSR count). The number of nitrogens with two attached hydrogens (primary N) is 1. The summed E-state index contributed by atoms with van der Waals surface area (Å²) in [4.78, 5) is 29.0. The minimum atomic E-state index is -1.06. The first-order chi connectivity index (χ1) is 26.5. The average molecular weight is 763 g/mol. The van der Waals surface area contributed by atoms with Crippen molar-refractivity contribution in [3.8, 4) is 11.4 Å². The van der Waals surface area contributed by atoms with Crippen LogP contribution < -0.4 is 31.3 Å². The number of carboxylic acid groups (broad SMARTS) is 1. The Morgan fingerprint density at radius 3 is 2.20 bits per heavy atom. The number of hydrogen-bond acceptors (Lipinski definition) is 8. The second-order valence-electron chi connectivity index (χ2n) is 14.8. The van der Waals surface area contributed by atoms with Crippen LogP contribution in [-0.2, 0) is 15.1 Å². The molecular weight excluding hydrogens is 710 g/mol. The monoisotopic (exact) mass is 762 g/mol. The maximum atomic E-state index is 14.6. The summed E-state index contributed by atoms with van der Waals surface area (Å²) < 4.78 is 49.5. The van der Waals surface area contributed by atoms with Gasteiger partial charge in [0.1, 0.15) is 23.0 Å². The molecule has 0 aliphatic carbocycles. The maximum Gasteiger partial charge on any atom is 0.404 e. The third-order valence-corrected chi connectivity index (χ3v) is 10.7. The molecule has 2 fully saturated rings. The number of halogens is 2. The first-order valence-electron chi connectivity index (χ1n) is 19.0. The van der Waals surface area contributed by atoms with Gasteiger partial charge in [-0.05, 0) is 80.3 Å². The lowest BCUT2D eigenvalue weighted by Crippen LogP contribution is -2.46. The predicted octanol–water partition coefficient (Wildman–Crippen LogP) is 5.77. The van der Waals surface area contributed by atoms with Crippen molar-refractivity contribution in [2.45, 2.75) is 51.4 Å². The van der Waals surface area contributed by atoms with Crippen molar-refractivity contribution < 1.29 is 32.9 Å². The number of benzene rings is 3. The van der Waals surface area contributed by atoms with Crippen LogP contribution in [0.4, 0.5) is 25.0 Å². The molecule has 4 unspecified atom stereocenters. The molecule has 2 saturated heterocycles. The molecule has 1 amide bonds. The molecule has 296 valence electrons. The third kappa shape index (κ3) is 9.31. The van der Waals surface area contributed by atoms with Gasteiger partial charge in [0.25, 0.3) is 0 Å². The topological polar surface area (TPSA) is 136 Å². The number of amides is 1. The number of nitrogens with one attached hydrogen (secondary N) is 1. The van der Waals surface area contributed by atoms with E-state index in [1.165, 1.54) is 12.1 Å². The molecule has 0 saturated carbocycles. The molecule has 4 atom stereocenters. The van der Waals surface area contributed by atoms with Crippen molar-refractivity contribution in [2.75, 3.05) is 68.9 Å². The molecule has 3 heterocycles. The van der Waals surface area contributed by atoms with E-state index in [0.29, 0.717) is 39.2 Å². The number of imidazole rings is 1. The fourth-order valence-electron chi connectivity index (χ4n) is 7.82. The molecule has 2 aliphatic heterocycles. The SMILES string of the molecule is CC(C)C(C(C)OCCCNC(=O)O)n1ccn(-c2ccc(N3CCN(c4ccc(OCC5COC(CN)(c6ccc(F)cc6F)C5)cc4)CC3)cc2)c1=O. The lowest BCUT2D eigenvalue weighted by Gasteiger charge is -2.37. The van der Waals surface area contributed by atoms with Crippen molar-refractivity contribution >= 4 is 17.5 Å². The molecule has 3 aromatic carbocycles. The average Bonchev–Trinajstić information content (AvgIpc) is 3.77. The summed E-state index contributed by atoms with van der Waals surface area (Å²) in [6, 6.07) is 19.4. The summed E-state index contributed by atoms with van der Waals surface area (Å²) in [5.74, 6) is -0.409. The number of hydrogen-bond donors (Lipinski definition) is 3. The Bertz CT molecular complexity index is 1930. The third-order valence-electron chi connectivity index (χ3n) is 10.7. The number of rotatable bonds is 16. The van der Waals surface area contributed by atoms with Crippen molar-refractivity contribution in [1.29, 1.82) is 0 Å². The van der Waals surface area contributed by atoms with Gasteiger partial charge in [0.05, 0.1) is 31.0 Å². The van der Waals surface area contributed by atoms with E-state index in [2.05, 4.69) is 53.2 Å². The highest BCUT2D eigenvalue weighted by Crippen LogP contribution is 2.40. The number of piperazine rings is 1. The van der Waals surface area contributed by atoms with E-state index in [1.807, 2.05) is 37.4 Å². The van der Waals surface area contributed by atoms with Gasteiger partial charge in [-0.15, -0.1) is 0 Å². The molecule has 55 heavy (non-hydrogen) atoms. The quantitative estimate of drug-likeness (QED) is 0.122. The smallest absolute Gasteiger partial charge is 0.404 e. The molecule has 2 aliphatic rings. The summed E-state index contributed by atoms with van der Waals surface area (Å²) in [5, 5.41) is 11.1. The first kappa shape index (κ1) is 39.8. The van der Waals surface area contributed by atoms with E-state index in [1.54, 1.807) is 15.3 Å². The molecule has 0 spiro atoms. The maximum absolute atomic E-state index is 14.6. The fourth-order valence-corrected chi connectivity index (χ4v) is 7.82. The second-order valence-corrected chi connectivity index (χ2v) is 14.8. The normalized spacial score (nSPS) is 19.8. The van der Waals surface area contributed by atoms with Crippen molar-refractivity contribution in [3.63, 3.8) is 0 Å². The van der Waals surface area contributed by atoms with E-state index in [-0.39, 0.29) is 41.8 Å². The van der Waals surface area contributed by atoms with E-state index in [9.17, 15) is 18.4 Å². The van der Waals surface area contributed by atoms with Crippen LogP contribution in [0.3, 0.4) is 0 Å². The minimum absolute atomic E-state index is 0.0105. The van der Waals surface area contributed by atoms with Gasteiger partial charge in [0.15, 0.2) is 0 Å². The van der Waals surface area contributed by atoms with Gasteiger partial charge in [0.2, 0.25) is 0 Å².